The van der Waals surface area contributed by atoms with E-state index in [2.05, 4.69) is 25.9 Å². The fourth-order valence-corrected chi connectivity index (χ4v) is 1.50. The van der Waals surface area contributed by atoms with Crippen molar-refractivity contribution in [2.45, 2.75) is 6.61 Å². The highest BCUT2D eigenvalue weighted by atomic mass is 79.9. The van der Waals surface area contributed by atoms with Crippen molar-refractivity contribution in [3.05, 3.63) is 52.6 Å². The van der Waals surface area contributed by atoms with Crippen molar-refractivity contribution >= 4 is 15.9 Å². The second-order valence-corrected chi connectivity index (χ2v) is 3.91. The third-order valence-electron chi connectivity index (χ3n) is 1.96. The molecule has 0 saturated heterocycles. The van der Waals surface area contributed by atoms with E-state index in [9.17, 15) is 4.39 Å². The monoisotopic (exact) mass is 282 g/mol. The zero-order valence-corrected chi connectivity index (χ0v) is 9.82. The van der Waals surface area contributed by atoms with Gasteiger partial charge in [-0.15, -0.1) is 0 Å². The van der Waals surface area contributed by atoms with Crippen LogP contribution < -0.4 is 4.74 Å². The Morgan fingerprint density at radius 2 is 2.12 bits per heavy atom. The Balaban J connectivity index is 2.09. The molecule has 0 aliphatic carbocycles. The molecule has 2 aromatic rings. The highest BCUT2D eigenvalue weighted by Gasteiger charge is 2.05. The number of benzene rings is 1. The lowest BCUT2D eigenvalue weighted by atomic mass is 10.2. The van der Waals surface area contributed by atoms with E-state index in [0.29, 0.717) is 15.9 Å². The molecule has 0 radical (unpaired) electrons. The molecule has 0 fully saturated rings. The Morgan fingerprint density at radius 3 is 2.88 bits per heavy atom. The van der Waals surface area contributed by atoms with Crippen LogP contribution in [0.2, 0.25) is 0 Å². The quantitative estimate of drug-likeness (QED) is 0.868. The molecule has 0 saturated carbocycles. The van der Waals surface area contributed by atoms with E-state index in [0.717, 1.165) is 0 Å². The average molecular weight is 283 g/mol. The lowest BCUT2D eigenvalue weighted by Crippen LogP contribution is -2.00. The molecule has 0 N–H and O–H groups in total. The summed E-state index contributed by atoms with van der Waals surface area (Å²) in [6.45, 7) is 0.141. The van der Waals surface area contributed by atoms with E-state index < -0.39 is 0 Å². The zero-order valence-electron chi connectivity index (χ0n) is 8.23. The Labute approximate surface area is 100 Å². The van der Waals surface area contributed by atoms with Crippen LogP contribution in [0.1, 0.15) is 5.56 Å². The second-order valence-electron chi connectivity index (χ2n) is 3.06. The van der Waals surface area contributed by atoms with Gasteiger partial charge in [0.1, 0.15) is 18.8 Å². The van der Waals surface area contributed by atoms with Crippen LogP contribution in [0.5, 0.6) is 5.88 Å². The van der Waals surface area contributed by atoms with Gasteiger partial charge in [0.25, 0.3) is 0 Å². The predicted octanol–water partition coefficient (Wildman–Crippen LogP) is 2.96. The van der Waals surface area contributed by atoms with Gasteiger partial charge in [-0.3, -0.25) is 0 Å². The standard InChI is InChI=1S/C11H8BrFN2O/c12-9-5-14-7-15-11(9)16-6-8-3-1-2-4-10(8)13/h1-5,7H,6H2. The van der Waals surface area contributed by atoms with E-state index in [4.69, 9.17) is 4.74 Å². The number of nitrogens with zero attached hydrogens (tertiary/aromatic N) is 2. The van der Waals surface area contributed by atoms with Gasteiger partial charge in [-0.25, -0.2) is 14.4 Å². The van der Waals surface area contributed by atoms with Gasteiger partial charge in [-0.05, 0) is 22.0 Å². The molecule has 0 unspecified atom stereocenters. The molecular weight excluding hydrogens is 275 g/mol. The van der Waals surface area contributed by atoms with Crippen LogP contribution in [-0.4, -0.2) is 9.97 Å². The van der Waals surface area contributed by atoms with Crippen molar-refractivity contribution < 1.29 is 9.13 Å². The van der Waals surface area contributed by atoms with Crippen molar-refractivity contribution in [3.8, 4) is 5.88 Å². The lowest BCUT2D eigenvalue weighted by Gasteiger charge is -2.06. The molecule has 1 heterocycles. The van der Waals surface area contributed by atoms with Gasteiger partial charge in [0.05, 0.1) is 4.47 Å². The van der Waals surface area contributed by atoms with E-state index >= 15 is 0 Å². The maximum absolute atomic E-state index is 13.3. The summed E-state index contributed by atoms with van der Waals surface area (Å²) in [7, 11) is 0. The fourth-order valence-electron chi connectivity index (χ4n) is 1.17. The first-order chi connectivity index (χ1) is 7.77. The molecule has 16 heavy (non-hydrogen) atoms. The number of aromatic nitrogens is 2. The van der Waals surface area contributed by atoms with Crippen molar-refractivity contribution in [2.75, 3.05) is 0 Å². The lowest BCUT2D eigenvalue weighted by molar-refractivity contribution is 0.285. The van der Waals surface area contributed by atoms with Crippen molar-refractivity contribution in [3.63, 3.8) is 0 Å². The van der Waals surface area contributed by atoms with E-state index in [1.807, 2.05) is 0 Å². The van der Waals surface area contributed by atoms with Gasteiger partial charge >= 0.3 is 0 Å². The van der Waals surface area contributed by atoms with Gasteiger partial charge in [0, 0.05) is 11.8 Å². The van der Waals surface area contributed by atoms with E-state index in [1.165, 1.54) is 12.4 Å². The summed E-state index contributed by atoms with van der Waals surface area (Å²) in [5, 5.41) is 0. The molecule has 0 atom stereocenters. The predicted molar refractivity (Wildman–Crippen MR) is 60.5 cm³/mol. The minimum absolute atomic E-state index is 0.141. The molecule has 3 nitrogen and oxygen atoms in total. The first-order valence-corrected chi connectivity index (χ1v) is 5.38. The molecular formula is C11H8BrFN2O. The van der Waals surface area contributed by atoms with Gasteiger partial charge in [0.15, 0.2) is 0 Å². The van der Waals surface area contributed by atoms with Crippen molar-refractivity contribution in [1.29, 1.82) is 0 Å². The summed E-state index contributed by atoms with van der Waals surface area (Å²) in [6.07, 6.45) is 2.95. The minimum Gasteiger partial charge on any atom is -0.472 e. The van der Waals surface area contributed by atoms with Crippen LogP contribution in [0.25, 0.3) is 0 Å². The first kappa shape index (κ1) is 11.0. The maximum atomic E-state index is 13.3. The van der Waals surface area contributed by atoms with Crippen molar-refractivity contribution in [2.24, 2.45) is 0 Å². The van der Waals surface area contributed by atoms with Crippen LogP contribution in [0.15, 0.2) is 41.3 Å². The maximum Gasteiger partial charge on any atom is 0.231 e. The SMILES string of the molecule is Fc1ccccc1COc1ncncc1Br. The number of ether oxygens (including phenoxy) is 1. The Bertz CT molecular complexity index is 447. The zero-order chi connectivity index (χ0) is 11.4. The normalized spacial score (nSPS) is 10.1. The molecule has 82 valence electrons. The summed E-state index contributed by atoms with van der Waals surface area (Å²) >= 11 is 3.24. The summed E-state index contributed by atoms with van der Waals surface area (Å²) in [5.41, 5.74) is 0.494. The molecule has 0 aliphatic heterocycles. The number of halogens is 2. The second kappa shape index (κ2) is 5.03. The van der Waals surface area contributed by atoms with E-state index in [1.54, 1.807) is 24.4 Å². The largest absolute Gasteiger partial charge is 0.472 e. The van der Waals surface area contributed by atoms with Crippen LogP contribution >= 0.6 is 15.9 Å². The molecule has 0 amide bonds. The van der Waals surface area contributed by atoms with Crippen LogP contribution in [0.4, 0.5) is 4.39 Å². The van der Waals surface area contributed by atoms with Gasteiger partial charge in [-0.2, -0.15) is 0 Å². The number of hydrogen-bond acceptors (Lipinski definition) is 3. The Morgan fingerprint density at radius 1 is 1.31 bits per heavy atom. The molecule has 1 aromatic carbocycles. The molecule has 0 bridgehead atoms. The Kier molecular flexibility index (Phi) is 3.46. The first-order valence-electron chi connectivity index (χ1n) is 4.59. The minimum atomic E-state index is -0.285. The Hall–Kier alpha value is -1.49. The summed E-state index contributed by atoms with van der Waals surface area (Å²) < 4.78 is 19.3. The molecule has 5 heteroatoms. The molecule has 2 rings (SSSR count). The highest BCUT2D eigenvalue weighted by Crippen LogP contribution is 2.21. The summed E-state index contributed by atoms with van der Waals surface area (Å²) in [5.74, 6) is 0.117. The highest BCUT2D eigenvalue weighted by molar-refractivity contribution is 9.10. The van der Waals surface area contributed by atoms with Crippen LogP contribution in [0.3, 0.4) is 0 Å². The van der Waals surface area contributed by atoms with Gasteiger partial charge < -0.3 is 4.74 Å². The van der Waals surface area contributed by atoms with Gasteiger partial charge in [0.2, 0.25) is 5.88 Å². The van der Waals surface area contributed by atoms with Crippen LogP contribution in [-0.2, 0) is 6.61 Å². The molecule has 0 spiro atoms. The van der Waals surface area contributed by atoms with Crippen LogP contribution in [0, 0.1) is 5.82 Å². The number of rotatable bonds is 3. The fraction of sp³-hybridized carbons (Fsp3) is 0.0909. The average Bonchev–Trinajstić information content (AvgIpc) is 2.30. The summed E-state index contributed by atoms with van der Waals surface area (Å²) in [4.78, 5) is 7.73. The topological polar surface area (TPSA) is 35.0 Å². The molecule has 1 aromatic heterocycles. The van der Waals surface area contributed by atoms with Crippen molar-refractivity contribution in [1.82, 2.24) is 9.97 Å². The third kappa shape index (κ3) is 2.55. The van der Waals surface area contributed by atoms with E-state index in [-0.39, 0.29) is 12.4 Å². The smallest absolute Gasteiger partial charge is 0.231 e. The third-order valence-corrected chi connectivity index (χ3v) is 2.50. The molecule has 0 aliphatic rings. The van der Waals surface area contributed by atoms with Gasteiger partial charge in [-0.1, -0.05) is 18.2 Å². The summed E-state index contributed by atoms with van der Waals surface area (Å²) in [6, 6.07) is 6.47. The number of hydrogen-bond donors (Lipinski definition) is 0.